The summed E-state index contributed by atoms with van der Waals surface area (Å²) in [6.45, 7) is 2.05. The van der Waals surface area contributed by atoms with E-state index in [4.69, 9.17) is 5.11 Å². The molecule has 1 aliphatic rings. The van der Waals surface area contributed by atoms with Gasteiger partial charge in [-0.15, -0.1) is 11.8 Å². The average molecular weight is 304 g/mol. The topological polar surface area (TPSA) is 71.4 Å². The van der Waals surface area contributed by atoms with Crippen LogP contribution in [0.3, 0.4) is 0 Å². The number of ketones is 2. The fourth-order valence-electron chi connectivity index (χ4n) is 2.54. The van der Waals surface area contributed by atoms with E-state index in [1.54, 1.807) is 6.08 Å². The van der Waals surface area contributed by atoms with Gasteiger partial charge in [0.15, 0.2) is 5.78 Å². The van der Waals surface area contributed by atoms with Crippen LogP contribution in [0.1, 0.15) is 58.3 Å². The van der Waals surface area contributed by atoms with Crippen LogP contribution in [0, 0.1) is 23.7 Å². The molecule has 2 atom stereocenters. The summed E-state index contributed by atoms with van der Waals surface area (Å²) in [6.07, 6.45) is 8.05. The monoisotopic (exact) mass is 304 g/mol. The Balaban J connectivity index is 2.49. The third-order valence-electron chi connectivity index (χ3n) is 3.87. The first-order valence-corrected chi connectivity index (χ1v) is 7.95. The first-order chi connectivity index (χ1) is 10.5. The molecule has 0 saturated heterocycles. The molecule has 0 heterocycles. The van der Waals surface area contributed by atoms with Gasteiger partial charge in [-0.25, -0.2) is 0 Å². The minimum atomic E-state index is -0.863. The van der Waals surface area contributed by atoms with Crippen molar-refractivity contribution in [1.82, 2.24) is 0 Å². The van der Waals surface area contributed by atoms with Crippen LogP contribution < -0.4 is 0 Å². The van der Waals surface area contributed by atoms with Crippen molar-refractivity contribution in [2.45, 2.75) is 58.3 Å². The first-order valence-electron chi connectivity index (χ1n) is 7.95. The molecule has 1 saturated carbocycles. The summed E-state index contributed by atoms with van der Waals surface area (Å²) in [7, 11) is 0. The number of carboxylic acid groups (broad SMARTS) is 1. The van der Waals surface area contributed by atoms with Crippen LogP contribution in [-0.2, 0) is 14.4 Å². The highest BCUT2D eigenvalue weighted by Gasteiger charge is 2.32. The van der Waals surface area contributed by atoms with E-state index < -0.39 is 5.97 Å². The van der Waals surface area contributed by atoms with Crippen molar-refractivity contribution >= 4 is 17.5 Å². The molecule has 22 heavy (non-hydrogen) atoms. The minimum absolute atomic E-state index is 0.0286. The quantitative estimate of drug-likeness (QED) is 0.552. The minimum Gasteiger partial charge on any atom is -0.481 e. The van der Waals surface area contributed by atoms with Crippen molar-refractivity contribution in [2.75, 3.05) is 0 Å². The summed E-state index contributed by atoms with van der Waals surface area (Å²) in [6, 6.07) is 0. The van der Waals surface area contributed by atoms with E-state index in [1.807, 2.05) is 13.0 Å². The molecule has 0 aromatic rings. The van der Waals surface area contributed by atoms with E-state index in [0.717, 1.165) is 19.3 Å². The molecule has 0 aliphatic heterocycles. The highest BCUT2D eigenvalue weighted by molar-refractivity contribution is 5.90. The highest BCUT2D eigenvalue weighted by Crippen LogP contribution is 2.32. The Kier molecular flexibility index (Phi) is 8.21. The van der Waals surface area contributed by atoms with Crippen LogP contribution in [0.2, 0.25) is 0 Å². The molecule has 0 aromatic heterocycles. The van der Waals surface area contributed by atoms with E-state index >= 15 is 0 Å². The van der Waals surface area contributed by atoms with E-state index in [-0.39, 0.29) is 29.8 Å². The van der Waals surface area contributed by atoms with Crippen LogP contribution in [0.5, 0.6) is 0 Å². The molecule has 0 aromatic carbocycles. The summed E-state index contributed by atoms with van der Waals surface area (Å²) in [5.41, 5.74) is 0. The summed E-state index contributed by atoms with van der Waals surface area (Å²) in [5.74, 6) is 5.11. The Morgan fingerprint density at radius 1 is 1.32 bits per heavy atom. The molecule has 1 rings (SSSR count). The summed E-state index contributed by atoms with van der Waals surface area (Å²) >= 11 is 0. The van der Waals surface area contributed by atoms with E-state index in [0.29, 0.717) is 25.7 Å². The van der Waals surface area contributed by atoms with Crippen molar-refractivity contribution in [3.8, 4) is 11.8 Å². The maximum Gasteiger partial charge on any atom is 0.304 e. The van der Waals surface area contributed by atoms with Gasteiger partial charge in [-0.3, -0.25) is 14.4 Å². The number of allylic oxidation sites excluding steroid dienone is 2. The third-order valence-corrected chi connectivity index (χ3v) is 3.87. The van der Waals surface area contributed by atoms with Crippen molar-refractivity contribution in [1.29, 1.82) is 0 Å². The van der Waals surface area contributed by atoms with Gasteiger partial charge in [0, 0.05) is 31.6 Å². The normalized spacial score (nSPS) is 20.9. The van der Waals surface area contributed by atoms with Crippen LogP contribution in [0.15, 0.2) is 12.2 Å². The van der Waals surface area contributed by atoms with Gasteiger partial charge in [-0.05, 0) is 24.8 Å². The Morgan fingerprint density at radius 3 is 2.77 bits per heavy atom. The summed E-state index contributed by atoms with van der Waals surface area (Å²) < 4.78 is 0. The second-order valence-corrected chi connectivity index (χ2v) is 5.66. The Hall–Kier alpha value is -1.89. The zero-order chi connectivity index (χ0) is 16.4. The van der Waals surface area contributed by atoms with Gasteiger partial charge in [-0.2, -0.15) is 0 Å². The lowest BCUT2D eigenvalue weighted by Gasteiger charge is -2.11. The number of carbonyl (C=O) groups excluding carboxylic acids is 2. The second-order valence-electron chi connectivity index (χ2n) is 5.66. The third kappa shape index (κ3) is 6.71. The molecule has 0 radical (unpaired) electrons. The number of carbonyl (C=O) groups is 3. The summed E-state index contributed by atoms with van der Waals surface area (Å²) in [5, 5.41) is 8.53. The van der Waals surface area contributed by atoms with Gasteiger partial charge in [0.25, 0.3) is 0 Å². The smallest absolute Gasteiger partial charge is 0.304 e. The fraction of sp³-hybridized carbons (Fsp3) is 0.611. The number of rotatable bonds is 8. The number of hydrogen-bond donors (Lipinski definition) is 1. The largest absolute Gasteiger partial charge is 0.481 e. The van der Waals surface area contributed by atoms with Crippen LogP contribution in [0.4, 0.5) is 0 Å². The second kappa shape index (κ2) is 9.94. The van der Waals surface area contributed by atoms with Crippen LogP contribution >= 0.6 is 0 Å². The molecule has 1 aliphatic carbocycles. The van der Waals surface area contributed by atoms with Gasteiger partial charge in [-0.1, -0.05) is 19.4 Å². The number of aliphatic carboxylic acids is 1. The maximum absolute atomic E-state index is 11.9. The van der Waals surface area contributed by atoms with Gasteiger partial charge in [0.2, 0.25) is 0 Å². The molecule has 0 amide bonds. The van der Waals surface area contributed by atoms with E-state index in [2.05, 4.69) is 11.8 Å². The molecule has 4 nitrogen and oxygen atoms in total. The van der Waals surface area contributed by atoms with Gasteiger partial charge in [0.05, 0.1) is 6.42 Å². The molecule has 120 valence electrons. The Bertz CT molecular complexity index is 493. The number of unbranched alkanes of at least 4 members (excludes halogenated alkanes) is 1. The number of carboxylic acids is 1. The van der Waals surface area contributed by atoms with Gasteiger partial charge in [0.1, 0.15) is 5.78 Å². The fourth-order valence-corrected chi connectivity index (χ4v) is 2.54. The standard InChI is InChI=1S/C18H24O4/c1-2-3-7-15(19)12-10-14-11-13-17(20)16(14)8-5-4-6-9-18(21)22/h10,12,14,16H,2-3,6-9,11,13H2,1H3,(H,21,22). The zero-order valence-corrected chi connectivity index (χ0v) is 13.1. The van der Waals surface area contributed by atoms with Crippen molar-refractivity contribution in [2.24, 2.45) is 11.8 Å². The van der Waals surface area contributed by atoms with E-state index in [1.165, 1.54) is 0 Å². The molecule has 1 fully saturated rings. The lowest BCUT2D eigenvalue weighted by molar-refractivity contribution is -0.136. The Morgan fingerprint density at radius 2 is 2.09 bits per heavy atom. The SMILES string of the molecule is CCCCC(=O)C=CC1CCC(=O)C1CC#CCCC(=O)O. The summed E-state index contributed by atoms with van der Waals surface area (Å²) in [4.78, 5) is 33.9. The average Bonchev–Trinajstić information content (AvgIpc) is 2.83. The maximum atomic E-state index is 11.9. The van der Waals surface area contributed by atoms with Crippen molar-refractivity contribution in [3.63, 3.8) is 0 Å². The van der Waals surface area contributed by atoms with Crippen LogP contribution in [-0.4, -0.2) is 22.6 Å². The van der Waals surface area contributed by atoms with Gasteiger partial charge < -0.3 is 5.11 Å². The molecule has 2 unspecified atom stereocenters. The number of hydrogen-bond acceptors (Lipinski definition) is 3. The predicted molar refractivity (Wildman–Crippen MR) is 84.2 cm³/mol. The van der Waals surface area contributed by atoms with Crippen molar-refractivity contribution in [3.05, 3.63) is 12.2 Å². The Labute approximate surface area is 132 Å². The first kappa shape index (κ1) is 18.2. The number of Topliss-reactive ketones (excluding diaryl/α,β-unsaturated/α-hetero) is 1. The molecule has 1 N–H and O–H groups in total. The lowest BCUT2D eigenvalue weighted by atomic mass is 9.91. The highest BCUT2D eigenvalue weighted by atomic mass is 16.4. The zero-order valence-electron chi connectivity index (χ0n) is 13.1. The van der Waals surface area contributed by atoms with Gasteiger partial charge >= 0.3 is 5.97 Å². The molecular formula is C18H24O4. The van der Waals surface area contributed by atoms with E-state index in [9.17, 15) is 14.4 Å². The molecular weight excluding hydrogens is 280 g/mol. The van der Waals surface area contributed by atoms with Crippen LogP contribution in [0.25, 0.3) is 0 Å². The molecule has 0 spiro atoms. The predicted octanol–water partition coefficient (Wildman–Crippen LogP) is 3.16. The lowest BCUT2D eigenvalue weighted by Crippen LogP contribution is -2.12. The molecule has 0 bridgehead atoms. The molecule has 4 heteroatoms. The van der Waals surface area contributed by atoms with Crippen molar-refractivity contribution < 1.29 is 19.5 Å².